The van der Waals surface area contributed by atoms with E-state index in [9.17, 15) is 0 Å². The summed E-state index contributed by atoms with van der Waals surface area (Å²) in [4.78, 5) is 7.65. The highest BCUT2D eigenvalue weighted by Crippen LogP contribution is 2.42. The highest BCUT2D eigenvalue weighted by molar-refractivity contribution is 5.26. The third-order valence-electron chi connectivity index (χ3n) is 4.17. The van der Waals surface area contributed by atoms with Crippen molar-refractivity contribution in [3.63, 3.8) is 0 Å². The molecule has 0 aliphatic heterocycles. The van der Waals surface area contributed by atoms with E-state index < -0.39 is 0 Å². The fraction of sp³-hybridized carbons (Fsp3) is 0.471. The molecule has 1 aliphatic rings. The summed E-state index contributed by atoms with van der Waals surface area (Å²) < 4.78 is 0. The normalized spacial score (nSPS) is 17.9. The average molecular weight is 269 g/mol. The lowest BCUT2D eigenvalue weighted by Gasteiger charge is -2.24. The van der Waals surface area contributed by atoms with E-state index in [1.54, 1.807) is 0 Å². The quantitative estimate of drug-likeness (QED) is 0.834. The molecule has 1 aliphatic carbocycles. The van der Waals surface area contributed by atoms with Gasteiger partial charge in [-0.2, -0.15) is 0 Å². The zero-order chi connectivity index (χ0) is 13.9. The van der Waals surface area contributed by atoms with Gasteiger partial charge in [0.15, 0.2) is 0 Å². The summed E-state index contributed by atoms with van der Waals surface area (Å²) in [5, 5.41) is 3.81. The van der Waals surface area contributed by atoms with Crippen LogP contribution in [0.2, 0.25) is 0 Å². The molecule has 1 fully saturated rings. The molecule has 1 heterocycles. The van der Waals surface area contributed by atoms with Crippen LogP contribution in [0.3, 0.4) is 0 Å². The Bertz CT molecular complexity index is 526. The van der Waals surface area contributed by atoms with E-state index in [0.717, 1.165) is 18.2 Å². The molecule has 0 spiro atoms. The third kappa shape index (κ3) is 2.93. The first kappa shape index (κ1) is 13.4. The van der Waals surface area contributed by atoms with Crippen molar-refractivity contribution in [1.82, 2.24) is 15.3 Å². The molecule has 20 heavy (non-hydrogen) atoms. The molecule has 2 atom stereocenters. The van der Waals surface area contributed by atoms with E-state index in [0.29, 0.717) is 12.1 Å². The Morgan fingerprint density at radius 2 is 2.05 bits per heavy atom. The van der Waals surface area contributed by atoms with Crippen LogP contribution in [-0.2, 0) is 0 Å². The van der Waals surface area contributed by atoms with E-state index >= 15 is 0 Å². The molecule has 106 valence electrons. The van der Waals surface area contributed by atoms with Crippen molar-refractivity contribution in [2.75, 3.05) is 0 Å². The van der Waals surface area contributed by atoms with Gasteiger partial charge in [-0.05, 0) is 37.7 Å². The second kappa shape index (κ2) is 5.80. The van der Waals surface area contributed by atoms with Crippen molar-refractivity contribution in [3.05, 3.63) is 53.6 Å². The molecule has 1 aromatic carbocycles. The number of aromatic amines is 1. The summed E-state index contributed by atoms with van der Waals surface area (Å²) in [5.41, 5.74) is 2.73. The summed E-state index contributed by atoms with van der Waals surface area (Å²) in [6.45, 7) is 4.35. The minimum absolute atomic E-state index is 0.303. The van der Waals surface area contributed by atoms with Crippen molar-refractivity contribution in [1.29, 1.82) is 0 Å². The molecular formula is C17H23N3. The van der Waals surface area contributed by atoms with Crippen LogP contribution in [0, 0.1) is 12.8 Å². The molecule has 1 aromatic heterocycles. The van der Waals surface area contributed by atoms with E-state index in [1.807, 2.05) is 12.4 Å². The molecule has 0 saturated heterocycles. The number of rotatable bonds is 6. The van der Waals surface area contributed by atoms with E-state index in [-0.39, 0.29) is 0 Å². The van der Waals surface area contributed by atoms with Crippen LogP contribution in [0.25, 0.3) is 0 Å². The number of benzene rings is 1. The molecule has 3 nitrogen and oxygen atoms in total. The van der Waals surface area contributed by atoms with Crippen molar-refractivity contribution in [2.24, 2.45) is 5.92 Å². The van der Waals surface area contributed by atoms with Crippen molar-refractivity contribution in [3.8, 4) is 0 Å². The lowest BCUT2D eigenvalue weighted by Crippen LogP contribution is -2.28. The van der Waals surface area contributed by atoms with Crippen molar-refractivity contribution >= 4 is 0 Å². The fourth-order valence-corrected chi connectivity index (χ4v) is 2.78. The Kier molecular flexibility index (Phi) is 3.88. The topological polar surface area (TPSA) is 40.7 Å². The summed E-state index contributed by atoms with van der Waals surface area (Å²) in [6, 6.07) is 9.70. The first-order valence-electron chi connectivity index (χ1n) is 7.60. The van der Waals surface area contributed by atoms with Gasteiger partial charge in [-0.15, -0.1) is 0 Å². The number of nitrogens with zero attached hydrogens (tertiary/aromatic N) is 1. The second-order valence-electron chi connectivity index (χ2n) is 5.83. The zero-order valence-corrected chi connectivity index (χ0v) is 12.3. The lowest BCUT2D eigenvalue weighted by molar-refractivity contribution is 0.391. The van der Waals surface area contributed by atoms with Crippen molar-refractivity contribution in [2.45, 2.75) is 45.2 Å². The van der Waals surface area contributed by atoms with Gasteiger partial charge in [-0.3, -0.25) is 0 Å². The maximum atomic E-state index is 4.41. The highest BCUT2D eigenvalue weighted by Gasteiger charge is 2.33. The number of H-pyrrole nitrogens is 1. The summed E-state index contributed by atoms with van der Waals surface area (Å²) >= 11 is 0. The number of hydrogen-bond donors (Lipinski definition) is 2. The van der Waals surface area contributed by atoms with Gasteiger partial charge in [0.25, 0.3) is 0 Å². The SMILES string of the molecule is CCC(NC(c1ccc(C)cc1)C1CC1)c1ncc[nH]1. The third-order valence-corrected chi connectivity index (χ3v) is 4.17. The molecular weight excluding hydrogens is 246 g/mol. The van der Waals surface area contributed by atoms with Gasteiger partial charge in [0, 0.05) is 18.4 Å². The van der Waals surface area contributed by atoms with Crippen LogP contribution < -0.4 is 5.32 Å². The molecule has 2 N–H and O–H groups in total. The molecule has 3 rings (SSSR count). The maximum absolute atomic E-state index is 4.41. The Morgan fingerprint density at radius 3 is 2.60 bits per heavy atom. The Labute approximate surface area is 120 Å². The standard InChI is InChI=1S/C17H23N3/c1-3-15(17-18-10-11-19-17)20-16(14-8-9-14)13-6-4-12(2)5-7-13/h4-7,10-11,14-16,20H,3,8-9H2,1-2H3,(H,18,19). The van der Waals surface area contributed by atoms with Crippen LogP contribution in [0.15, 0.2) is 36.7 Å². The van der Waals surface area contributed by atoms with Gasteiger partial charge in [0.2, 0.25) is 0 Å². The largest absolute Gasteiger partial charge is 0.347 e. The molecule has 1 saturated carbocycles. The van der Waals surface area contributed by atoms with Gasteiger partial charge >= 0.3 is 0 Å². The van der Waals surface area contributed by atoms with E-state index in [2.05, 4.69) is 53.4 Å². The number of imidazole rings is 1. The monoisotopic (exact) mass is 269 g/mol. The molecule has 2 unspecified atom stereocenters. The average Bonchev–Trinajstić information content (AvgIpc) is 3.16. The first-order chi connectivity index (χ1) is 9.78. The molecule has 0 bridgehead atoms. The lowest BCUT2D eigenvalue weighted by atomic mass is 9.99. The fourth-order valence-electron chi connectivity index (χ4n) is 2.78. The summed E-state index contributed by atoms with van der Waals surface area (Å²) in [5.74, 6) is 1.83. The highest BCUT2D eigenvalue weighted by atomic mass is 15.0. The van der Waals surface area contributed by atoms with Gasteiger partial charge < -0.3 is 10.3 Å². The summed E-state index contributed by atoms with van der Waals surface area (Å²) in [7, 11) is 0. The number of aryl methyl sites for hydroxylation is 1. The molecule has 3 heteroatoms. The Balaban J connectivity index is 1.79. The van der Waals surface area contributed by atoms with Crippen LogP contribution >= 0.6 is 0 Å². The number of hydrogen-bond acceptors (Lipinski definition) is 2. The number of nitrogens with one attached hydrogen (secondary N) is 2. The Hall–Kier alpha value is -1.61. The van der Waals surface area contributed by atoms with Crippen LogP contribution in [0.5, 0.6) is 0 Å². The van der Waals surface area contributed by atoms with Gasteiger partial charge in [-0.1, -0.05) is 36.8 Å². The first-order valence-corrected chi connectivity index (χ1v) is 7.60. The minimum Gasteiger partial charge on any atom is -0.347 e. The number of aromatic nitrogens is 2. The van der Waals surface area contributed by atoms with Gasteiger partial charge in [0.1, 0.15) is 5.82 Å². The second-order valence-corrected chi connectivity index (χ2v) is 5.83. The Morgan fingerprint density at radius 1 is 1.30 bits per heavy atom. The van der Waals surface area contributed by atoms with E-state index in [1.165, 1.54) is 24.0 Å². The molecule has 2 aromatic rings. The predicted octanol–water partition coefficient (Wildman–Crippen LogP) is 3.91. The van der Waals surface area contributed by atoms with Crippen LogP contribution in [0.1, 0.15) is 55.2 Å². The van der Waals surface area contributed by atoms with Gasteiger partial charge in [0.05, 0.1) is 6.04 Å². The smallest absolute Gasteiger partial charge is 0.123 e. The summed E-state index contributed by atoms with van der Waals surface area (Å²) in [6.07, 6.45) is 7.44. The zero-order valence-electron chi connectivity index (χ0n) is 12.3. The molecule has 0 radical (unpaired) electrons. The molecule has 0 amide bonds. The predicted molar refractivity (Wildman–Crippen MR) is 81.4 cm³/mol. The van der Waals surface area contributed by atoms with Crippen molar-refractivity contribution < 1.29 is 0 Å². The van der Waals surface area contributed by atoms with E-state index in [4.69, 9.17) is 0 Å². The van der Waals surface area contributed by atoms with Crippen LogP contribution in [-0.4, -0.2) is 9.97 Å². The maximum Gasteiger partial charge on any atom is 0.123 e. The van der Waals surface area contributed by atoms with Gasteiger partial charge in [-0.25, -0.2) is 4.98 Å². The van der Waals surface area contributed by atoms with Crippen LogP contribution in [0.4, 0.5) is 0 Å². The minimum atomic E-state index is 0.303.